The lowest BCUT2D eigenvalue weighted by atomic mass is 9.99. The van der Waals surface area contributed by atoms with Crippen LogP contribution in [0.4, 0.5) is 0 Å². The Morgan fingerprint density at radius 1 is 1.37 bits per heavy atom. The largest absolute Gasteiger partial charge is 0.342 e. The minimum atomic E-state index is -0.100. The van der Waals surface area contributed by atoms with Crippen molar-refractivity contribution in [2.45, 2.75) is 25.5 Å². The van der Waals surface area contributed by atoms with Crippen molar-refractivity contribution in [3.05, 3.63) is 39.1 Å². The van der Waals surface area contributed by atoms with Crippen LogP contribution in [0.1, 0.15) is 25.6 Å². The third-order valence-corrected chi connectivity index (χ3v) is 7.58. The van der Waals surface area contributed by atoms with Crippen molar-refractivity contribution in [2.75, 3.05) is 18.8 Å². The number of carbonyl (C=O) groups is 1. The van der Waals surface area contributed by atoms with E-state index in [1.807, 2.05) is 27.8 Å². The number of rotatable bonds is 5. The minimum Gasteiger partial charge on any atom is -0.342 e. The van der Waals surface area contributed by atoms with E-state index in [4.69, 9.17) is 0 Å². The number of aromatic nitrogens is 2. The van der Waals surface area contributed by atoms with Crippen molar-refractivity contribution < 1.29 is 4.79 Å². The van der Waals surface area contributed by atoms with E-state index in [-0.39, 0.29) is 11.5 Å². The van der Waals surface area contributed by atoms with Crippen molar-refractivity contribution >= 4 is 50.6 Å². The second kappa shape index (κ2) is 8.16. The number of fused-ring (bicyclic) bond motifs is 1. The third-order valence-electron chi connectivity index (χ3n) is 4.88. The molecular weight excluding hydrogens is 398 g/mol. The molecule has 0 bridgehead atoms. The van der Waals surface area contributed by atoms with Gasteiger partial charge < -0.3 is 9.88 Å². The lowest BCUT2D eigenvalue weighted by molar-refractivity contribution is -0.129. The number of aromatic amines is 1. The predicted octanol–water partition coefficient (Wildman–Crippen LogP) is 4.20. The van der Waals surface area contributed by atoms with E-state index in [1.54, 1.807) is 11.3 Å². The minimum absolute atomic E-state index is 0.100. The molecule has 0 aliphatic carbocycles. The van der Waals surface area contributed by atoms with Crippen LogP contribution in [0.5, 0.6) is 0 Å². The number of nitrogens with one attached hydrogen (secondary N) is 1. The quantitative estimate of drug-likeness (QED) is 0.673. The molecule has 0 aromatic carbocycles. The Hall–Kier alpha value is -1.64. The second-order valence-electron chi connectivity index (χ2n) is 6.88. The Morgan fingerprint density at radius 2 is 2.19 bits per heavy atom. The van der Waals surface area contributed by atoms with Crippen LogP contribution in [0.2, 0.25) is 0 Å². The number of amides is 1. The summed E-state index contributed by atoms with van der Waals surface area (Å²) in [6.07, 6.45) is 2.18. The second-order valence-corrected chi connectivity index (χ2v) is 9.67. The van der Waals surface area contributed by atoms with E-state index in [0.29, 0.717) is 28.6 Å². The summed E-state index contributed by atoms with van der Waals surface area (Å²) >= 11 is 4.63. The highest BCUT2D eigenvalue weighted by atomic mass is 32.2. The molecule has 0 radical (unpaired) electrons. The first-order chi connectivity index (χ1) is 13.1. The molecule has 0 saturated carbocycles. The van der Waals surface area contributed by atoms with Crippen LogP contribution in [0.3, 0.4) is 0 Å². The van der Waals surface area contributed by atoms with Crippen molar-refractivity contribution in [3.63, 3.8) is 0 Å². The van der Waals surface area contributed by atoms with E-state index in [9.17, 15) is 9.59 Å². The smallest absolute Gasteiger partial charge is 0.260 e. The molecule has 4 rings (SSSR count). The summed E-state index contributed by atoms with van der Waals surface area (Å²) in [6.45, 7) is 3.97. The lowest BCUT2D eigenvalue weighted by Crippen LogP contribution is -2.38. The van der Waals surface area contributed by atoms with Crippen LogP contribution in [0.25, 0.3) is 20.7 Å². The highest BCUT2D eigenvalue weighted by Crippen LogP contribution is 2.33. The first kappa shape index (κ1) is 18.7. The fourth-order valence-corrected chi connectivity index (χ4v) is 5.83. The topological polar surface area (TPSA) is 66.1 Å². The van der Waals surface area contributed by atoms with Crippen LogP contribution < -0.4 is 5.56 Å². The van der Waals surface area contributed by atoms with Gasteiger partial charge in [0.2, 0.25) is 5.91 Å². The molecule has 142 valence electrons. The Kier molecular flexibility index (Phi) is 5.66. The van der Waals surface area contributed by atoms with Gasteiger partial charge in [0.25, 0.3) is 5.56 Å². The number of nitrogens with zero attached hydrogens (tertiary/aromatic N) is 2. The fraction of sp³-hybridized carbons (Fsp3) is 0.421. The number of hydrogen-bond acceptors (Lipinski definition) is 6. The standard InChI is InChI=1S/C19H21N3O2S3/c1-12-4-6-22(7-5-12)16(23)11-25-10-15-20-18(24)17-13(9-27-19(17)21-15)14-3-2-8-26-14/h2-3,8-9,12H,4-7,10-11H2,1H3,(H,20,21,24). The molecule has 1 fully saturated rings. The molecule has 1 aliphatic heterocycles. The Labute approximate surface area is 169 Å². The highest BCUT2D eigenvalue weighted by Gasteiger charge is 2.20. The summed E-state index contributed by atoms with van der Waals surface area (Å²) in [6, 6.07) is 4.00. The van der Waals surface area contributed by atoms with Gasteiger partial charge in [-0.15, -0.1) is 34.4 Å². The third kappa shape index (κ3) is 4.12. The first-order valence-corrected chi connectivity index (χ1v) is 11.9. The average molecular weight is 420 g/mol. The molecule has 0 spiro atoms. The van der Waals surface area contributed by atoms with Gasteiger partial charge in [0.1, 0.15) is 10.7 Å². The van der Waals surface area contributed by atoms with E-state index >= 15 is 0 Å². The number of carbonyl (C=O) groups excluding carboxylic acids is 1. The zero-order chi connectivity index (χ0) is 18.8. The summed E-state index contributed by atoms with van der Waals surface area (Å²) < 4.78 is 0. The molecule has 5 nitrogen and oxygen atoms in total. The van der Waals surface area contributed by atoms with Gasteiger partial charge in [-0.3, -0.25) is 9.59 Å². The maximum Gasteiger partial charge on any atom is 0.260 e. The van der Waals surface area contributed by atoms with Crippen molar-refractivity contribution in [3.8, 4) is 10.4 Å². The average Bonchev–Trinajstić information content (AvgIpc) is 3.31. The molecule has 3 aromatic rings. The maximum atomic E-state index is 12.6. The lowest BCUT2D eigenvalue weighted by Gasteiger charge is -2.30. The number of thioether (sulfide) groups is 1. The highest BCUT2D eigenvalue weighted by molar-refractivity contribution is 7.99. The van der Waals surface area contributed by atoms with Gasteiger partial charge in [-0.1, -0.05) is 13.0 Å². The molecule has 1 amide bonds. The Bertz CT molecular complexity index is 985. The van der Waals surface area contributed by atoms with E-state index in [1.165, 1.54) is 23.1 Å². The summed E-state index contributed by atoms with van der Waals surface area (Å²) in [5.74, 6) is 2.50. The fourth-order valence-electron chi connectivity index (χ4n) is 3.26. The number of H-pyrrole nitrogens is 1. The van der Waals surface area contributed by atoms with Crippen molar-refractivity contribution in [2.24, 2.45) is 5.92 Å². The zero-order valence-electron chi connectivity index (χ0n) is 15.1. The normalized spacial score (nSPS) is 15.5. The molecule has 27 heavy (non-hydrogen) atoms. The van der Waals surface area contributed by atoms with Gasteiger partial charge in [-0.25, -0.2) is 4.98 Å². The molecule has 8 heteroatoms. The molecule has 0 unspecified atom stereocenters. The number of likely N-dealkylation sites (tertiary alicyclic amines) is 1. The number of piperidine rings is 1. The van der Waals surface area contributed by atoms with Gasteiger partial charge >= 0.3 is 0 Å². The molecule has 1 saturated heterocycles. The zero-order valence-corrected chi connectivity index (χ0v) is 17.5. The van der Waals surface area contributed by atoms with Gasteiger partial charge in [0.15, 0.2) is 0 Å². The maximum absolute atomic E-state index is 12.6. The summed E-state index contributed by atoms with van der Waals surface area (Å²) in [5.41, 5.74) is 0.851. The van der Waals surface area contributed by atoms with E-state index in [0.717, 1.165) is 41.2 Å². The Balaban J connectivity index is 1.41. The molecule has 0 atom stereocenters. The van der Waals surface area contributed by atoms with Crippen molar-refractivity contribution in [1.82, 2.24) is 14.9 Å². The predicted molar refractivity (Wildman–Crippen MR) is 115 cm³/mol. The van der Waals surface area contributed by atoms with E-state index < -0.39 is 0 Å². The van der Waals surface area contributed by atoms with Gasteiger partial charge in [0, 0.05) is 28.9 Å². The monoisotopic (exact) mass is 419 g/mol. The summed E-state index contributed by atoms with van der Waals surface area (Å²) in [7, 11) is 0. The van der Waals surface area contributed by atoms with Gasteiger partial charge in [0.05, 0.1) is 16.9 Å². The SMILES string of the molecule is CC1CCN(C(=O)CSCc2nc3scc(-c4cccs4)c3c(=O)[nH]2)CC1. The van der Waals surface area contributed by atoms with Crippen LogP contribution in [0, 0.1) is 5.92 Å². The summed E-state index contributed by atoms with van der Waals surface area (Å²) in [4.78, 5) is 36.2. The molecule has 4 heterocycles. The molecule has 1 N–H and O–H groups in total. The Morgan fingerprint density at radius 3 is 2.93 bits per heavy atom. The van der Waals surface area contributed by atoms with Gasteiger partial charge in [-0.05, 0) is 30.2 Å². The first-order valence-electron chi connectivity index (χ1n) is 9.01. The van der Waals surface area contributed by atoms with E-state index in [2.05, 4.69) is 16.9 Å². The van der Waals surface area contributed by atoms with Crippen LogP contribution in [0.15, 0.2) is 27.7 Å². The summed E-state index contributed by atoms with van der Waals surface area (Å²) in [5, 5.41) is 4.66. The van der Waals surface area contributed by atoms with Crippen LogP contribution in [-0.4, -0.2) is 39.6 Å². The number of hydrogen-bond donors (Lipinski definition) is 1. The van der Waals surface area contributed by atoms with Gasteiger partial charge in [-0.2, -0.15) is 0 Å². The van der Waals surface area contributed by atoms with Crippen molar-refractivity contribution in [1.29, 1.82) is 0 Å². The molecule has 3 aromatic heterocycles. The molecule has 1 aliphatic rings. The van der Waals surface area contributed by atoms with Crippen LogP contribution in [-0.2, 0) is 10.5 Å². The van der Waals surface area contributed by atoms with Crippen LogP contribution >= 0.6 is 34.4 Å². The molecular formula is C19H21N3O2S3. The number of thiophene rings is 2.